The van der Waals surface area contributed by atoms with Crippen molar-refractivity contribution in [2.75, 3.05) is 52.9 Å². The lowest BCUT2D eigenvalue weighted by Crippen LogP contribution is -2.22. The van der Waals surface area contributed by atoms with E-state index >= 15 is 0 Å². The predicted octanol–water partition coefficient (Wildman–Crippen LogP) is 6.16. The van der Waals surface area contributed by atoms with Crippen LogP contribution in [0, 0.1) is 0 Å². The second kappa shape index (κ2) is 30.2. The zero-order valence-corrected chi connectivity index (χ0v) is 23.3. The Hall–Kier alpha value is -1.02. The van der Waals surface area contributed by atoms with Crippen LogP contribution in [-0.2, 0) is 18.9 Å². The van der Waals surface area contributed by atoms with Crippen LogP contribution >= 0.6 is 0 Å². The van der Waals surface area contributed by atoms with Crippen LogP contribution in [0.25, 0.3) is 0 Å². The SMILES string of the molecule is CCCCC/C=C\CCCOCC(O)COC/C=C\COCC(O)COCCC/C=C\CCCCC. The first-order valence-electron chi connectivity index (χ1n) is 14.3. The summed E-state index contributed by atoms with van der Waals surface area (Å²) in [5, 5.41) is 19.8. The second-order valence-electron chi connectivity index (χ2n) is 9.22. The summed E-state index contributed by atoms with van der Waals surface area (Å²) < 4.78 is 21.9. The fourth-order valence-electron chi connectivity index (χ4n) is 3.32. The van der Waals surface area contributed by atoms with E-state index < -0.39 is 12.2 Å². The van der Waals surface area contributed by atoms with Crippen LogP contribution in [-0.4, -0.2) is 75.3 Å². The predicted molar refractivity (Wildman–Crippen MR) is 149 cm³/mol. The minimum absolute atomic E-state index is 0.243. The van der Waals surface area contributed by atoms with Gasteiger partial charge < -0.3 is 29.2 Å². The van der Waals surface area contributed by atoms with Crippen LogP contribution in [0.3, 0.4) is 0 Å². The van der Waals surface area contributed by atoms with Crippen molar-refractivity contribution in [3.05, 3.63) is 36.5 Å². The van der Waals surface area contributed by atoms with Gasteiger partial charge in [-0.05, 0) is 51.4 Å². The Bertz CT molecular complexity index is 462. The molecule has 0 amide bonds. The minimum atomic E-state index is -0.615. The van der Waals surface area contributed by atoms with Crippen molar-refractivity contribution in [3.8, 4) is 0 Å². The summed E-state index contributed by atoms with van der Waals surface area (Å²) in [4.78, 5) is 0. The Morgan fingerprint density at radius 2 is 0.833 bits per heavy atom. The molecular formula is C30H56O6. The Balaban J connectivity index is 3.40. The highest BCUT2D eigenvalue weighted by Crippen LogP contribution is 2.02. The van der Waals surface area contributed by atoms with Gasteiger partial charge in [-0.3, -0.25) is 0 Å². The van der Waals surface area contributed by atoms with Gasteiger partial charge in [0.05, 0.1) is 39.6 Å². The highest BCUT2D eigenvalue weighted by Gasteiger charge is 2.04. The highest BCUT2D eigenvalue weighted by molar-refractivity contribution is 4.82. The quantitative estimate of drug-likeness (QED) is 0.0965. The molecule has 0 aliphatic carbocycles. The lowest BCUT2D eigenvalue weighted by Gasteiger charge is -2.11. The number of hydrogen-bond acceptors (Lipinski definition) is 6. The lowest BCUT2D eigenvalue weighted by molar-refractivity contribution is -0.0150. The highest BCUT2D eigenvalue weighted by atomic mass is 16.5. The summed E-state index contributed by atoms with van der Waals surface area (Å²) in [5.41, 5.74) is 0. The van der Waals surface area contributed by atoms with Crippen molar-refractivity contribution < 1.29 is 29.2 Å². The third-order valence-corrected chi connectivity index (χ3v) is 5.44. The molecule has 0 saturated heterocycles. The van der Waals surface area contributed by atoms with Crippen molar-refractivity contribution in [1.82, 2.24) is 0 Å². The zero-order valence-electron chi connectivity index (χ0n) is 23.3. The lowest BCUT2D eigenvalue weighted by atomic mass is 10.2. The number of aliphatic hydroxyl groups excluding tert-OH is 2. The first-order chi connectivity index (χ1) is 17.7. The second-order valence-corrected chi connectivity index (χ2v) is 9.22. The van der Waals surface area contributed by atoms with Gasteiger partial charge in [-0.25, -0.2) is 0 Å². The fraction of sp³-hybridized carbons (Fsp3) is 0.800. The summed E-state index contributed by atoms with van der Waals surface area (Å²) in [5.74, 6) is 0. The molecule has 0 aromatic heterocycles. The van der Waals surface area contributed by atoms with E-state index in [2.05, 4.69) is 38.2 Å². The topological polar surface area (TPSA) is 77.4 Å². The van der Waals surface area contributed by atoms with Gasteiger partial charge in [0.15, 0.2) is 0 Å². The third kappa shape index (κ3) is 29.2. The van der Waals surface area contributed by atoms with Gasteiger partial charge in [0.2, 0.25) is 0 Å². The average molecular weight is 513 g/mol. The van der Waals surface area contributed by atoms with Crippen molar-refractivity contribution in [2.45, 2.75) is 103 Å². The maximum absolute atomic E-state index is 9.89. The van der Waals surface area contributed by atoms with Crippen LogP contribution in [0.15, 0.2) is 36.5 Å². The molecule has 2 unspecified atom stereocenters. The monoisotopic (exact) mass is 512 g/mol. The molecule has 0 aromatic rings. The molecule has 0 radical (unpaired) electrons. The number of allylic oxidation sites excluding steroid dienone is 4. The molecule has 36 heavy (non-hydrogen) atoms. The number of ether oxygens (including phenoxy) is 4. The number of rotatable bonds is 28. The normalized spacial score (nSPS) is 14.0. The summed E-state index contributed by atoms with van der Waals surface area (Å²) in [7, 11) is 0. The van der Waals surface area contributed by atoms with Gasteiger partial charge in [-0.15, -0.1) is 0 Å². The smallest absolute Gasteiger partial charge is 0.101 e. The molecule has 0 rings (SSSR count). The Labute approximate surface area is 221 Å². The van der Waals surface area contributed by atoms with Crippen molar-refractivity contribution >= 4 is 0 Å². The van der Waals surface area contributed by atoms with Crippen LogP contribution in [0.1, 0.15) is 90.9 Å². The molecule has 0 spiro atoms. The number of aliphatic hydroxyl groups is 2. The van der Waals surface area contributed by atoms with E-state index in [1.165, 1.54) is 51.4 Å². The molecule has 0 aliphatic rings. The molecular weight excluding hydrogens is 456 g/mol. The van der Waals surface area contributed by atoms with Gasteiger partial charge in [-0.2, -0.15) is 0 Å². The molecule has 0 heterocycles. The number of unbranched alkanes of at least 4 members (excludes halogenated alkanes) is 8. The van der Waals surface area contributed by atoms with Crippen molar-refractivity contribution in [1.29, 1.82) is 0 Å². The van der Waals surface area contributed by atoms with E-state index in [9.17, 15) is 10.2 Å². The van der Waals surface area contributed by atoms with E-state index in [0.29, 0.717) is 39.6 Å². The summed E-state index contributed by atoms with van der Waals surface area (Å²) in [6.07, 6.45) is 25.4. The van der Waals surface area contributed by atoms with Crippen LogP contribution in [0.4, 0.5) is 0 Å². The molecule has 0 aromatic carbocycles. The molecule has 0 saturated carbocycles. The van der Waals surface area contributed by atoms with Crippen LogP contribution in [0.2, 0.25) is 0 Å². The van der Waals surface area contributed by atoms with E-state index in [1.807, 2.05) is 12.2 Å². The molecule has 212 valence electrons. The Morgan fingerprint density at radius 1 is 0.472 bits per heavy atom. The Kier molecular flexibility index (Phi) is 29.3. The average Bonchev–Trinajstić information content (AvgIpc) is 2.87. The van der Waals surface area contributed by atoms with Gasteiger partial charge >= 0.3 is 0 Å². The van der Waals surface area contributed by atoms with Gasteiger partial charge in [-0.1, -0.05) is 76.0 Å². The number of hydrogen-bond donors (Lipinski definition) is 2. The van der Waals surface area contributed by atoms with Gasteiger partial charge in [0, 0.05) is 13.2 Å². The first kappa shape index (κ1) is 35.0. The zero-order chi connectivity index (χ0) is 26.4. The summed E-state index contributed by atoms with van der Waals surface area (Å²) in [6.45, 7) is 7.63. The molecule has 0 aliphatic heterocycles. The maximum atomic E-state index is 9.89. The van der Waals surface area contributed by atoms with Gasteiger partial charge in [0.1, 0.15) is 12.2 Å². The summed E-state index contributed by atoms with van der Waals surface area (Å²) in [6, 6.07) is 0. The Morgan fingerprint density at radius 3 is 1.22 bits per heavy atom. The van der Waals surface area contributed by atoms with E-state index in [0.717, 1.165) is 25.7 Å². The third-order valence-electron chi connectivity index (χ3n) is 5.44. The van der Waals surface area contributed by atoms with Gasteiger partial charge in [0.25, 0.3) is 0 Å². The largest absolute Gasteiger partial charge is 0.388 e. The molecule has 0 fully saturated rings. The van der Waals surface area contributed by atoms with Crippen LogP contribution < -0.4 is 0 Å². The molecule has 2 N–H and O–H groups in total. The molecule has 0 bridgehead atoms. The molecule has 6 nitrogen and oxygen atoms in total. The van der Waals surface area contributed by atoms with E-state index in [4.69, 9.17) is 18.9 Å². The fourth-order valence-corrected chi connectivity index (χ4v) is 3.32. The standard InChI is InChI=1S/C30H56O6/c1-3-5-7-9-11-13-15-17-21-33-25-29(31)27-35-23-19-20-24-36-28-30(32)26-34-22-18-16-14-12-10-8-6-4-2/h11-14,19-20,29-32H,3-10,15-18,21-28H2,1-2H3/b13-11-,14-12-,20-19-. The first-order valence-corrected chi connectivity index (χ1v) is 14.3. The minimum Gasteiger partial charge on any atom is -0.388 e. The van der Waals surface area contributed by atoms with Crippen molar-refractivity contribution in [2.24, 2.45) is 0 Å². The maximum Gasteiger partial charge on any atom is 0.101 e. The van der Waals surface area contributed by atoms with E-state index in [-0.39, 0.29) is 13.2 Å². The van der Waals surface area contributed by atoms with E-state index in [1.54, 1.807) is 0 Å². The van der Waals surface area contributed by atoms with Crippen molar-refractivity contribution in [3.63, 3.8) is 0 Å². The summed E-state index contributed by atoms with van der Waals surface area (Å²) >= 11 is 0. The molecule has 2 atom stereocenters. The molecule has 6 heteroatoms. The van der Waals surface area contributed by atoms with Crippen LogP contribution in [0.5, 0.6) is 0 Å².